The van der Waals surface area contributed by atoms with Crippen LogP contribution in [0.3, 0.4) is 0 Å². The molecule has 0 atom stereocenters. The largest absolute Gasteiger partial charge is 0.396 e. The van der Waals surface area contributed by atoms with E-state index in [-0.39, 0.29) is 12.5 Å². The molecule has 0 spiro atoms. The zero-order chi connectivity index (χ0) is 9.84. The van der Waals surface area contributed by atoms with Gasteiger partial charge in [-0.3, -0.25) is 9.48 Å². The quantitative estimate of drug-likeness (QED) is 0.592. The van der Waals surface area contributed by atoms with Gasteiger partial charge in [0.2, 0.25) is 0 Å². The standard InChI is InChI=1S/C8H10N4O/c1-3-4-10-8(13)7-6(9)5-11-12(7)2/h1,5H,4,9H2,2H3,(H,10,13). The fraction of sp³-hybridized carbons (Fsp3) is 0.250. The molecule has 0 fully saturated rings. The van der Waals surface area contributed by atoms with E-state index in [4.69, 9.17) is 12.2 Å². The first-order valence-electron chi connectivity index (χ1n) is 3.66. The number of hydrogen-bond donors (Lipinski definition) is 2. The van der Waals surface area contributed by atoms with Crippen LogP contribution in [-0.2, 0) is 7.05 Å². The number of anilines is 1. The van der Waals surface area contributed by atoms with Gasteiger partial charge in [0.15, 0.2) is 0 Å². The molecule has 0 aliphatic rings. The number of aromatic nitrogens is 2. The van der Waals surface area contributed by atoms with E-state index in [0.717, 1.165) is 0 Å². The molecule has 68 valence electrons. The molecule has 0 saturated carbocycles. The minimum Gasteiger partial charge on any atom is -0.396 e. The van der Waals surface area contributed by atoms with Crippen molar-refractivity contribution in [2.24, 2.45) is 7.05 Å². The smallest absolute Gasteiger partial charge is 0.272 e. The van der Waals surface area contributed by atoms with Crippen LogP contribution < -0.4 is 11.1 Å². The van der Waals surface area contributed by atoms with Gasteiger partial charge in [0.05, 0.1) is 18.4 Å². The van der Waals surface area contributed by atoms with Crippen LogP contribution in [0.4, 0.5) is 5.69 Å². The monoisotopic (exact) mass is 178 g/mol. The number of nitrogens with zero attached hydrogens (tertiary/aromatic N) is 2. The van der Waals surface area contributed by atoms with Crippen molar-refractivity contribution < 1.29 is 4.79 Å². The number of hydrogen-bond acceptors (Lipinski definition) is 3. The van der Waals surface area contributed by atoms with Crippen molar-refractivity contribution in [3.63, 3.8) is 0 Å². The Labute approximate surface area is 75.9 Å². The highest BCUT2D eigenvalue weighted by Crippen LogP contribution is 2.07. The lowest BCUT2D eigenvalue weighted by Crippen LogP contribution is -2.26. The molecule has 0 aliphatic carbocycles. The average Bonchev–Trinajstić information content (AvgIpc) is 2.42. The van der Waals surface area contributed by atoms with Gasteiger partial charge in [-0.2, -0.15) is 5.10 Å². The van der Waals surface area contributed by atoms with Crippen LogP contribution in [0.2, 0.25) is 0 Å². The average molecular weight is 178 g/mol. The highest BCUT2D eigenvalue weighted by molar-refractivity contribution is 5.97. The number of nitrogens with two attached hydrogens (primary N) is 1. The van der Waals surface area contributed by atoms with Crippen molar-refractivity contribution in [1.82, 2.24) is 15.1 Å². The summed E-state index contributed by atoms with van der Waals surface area (Å²) in [5, 5.41) is 6.32. The van der Waals surface area contributed by atoms with Crippen molar-refractivity contribution in [2.75, 3.05) is 12.3 Å². The van der Waals surface area contributed by atoms with Gasteiger partial charge in [0, 0.05) is 7.05 Å². The van der Waals surface area contributed by atoms with E-state index in [2.05, 4.69) is 16.3 Å². The highest BCUT2D eigenvalue weighted by atomic mass is 16.2. The predicted octanol–water partition coefficient (Wildman–Crippen LogP) is -0.635. The first-order valence-corrected chi connectivity index (χ1v) is 3.66. The van der Waals surface area contributed by atoms with E-state index < -0.39 is 0 Å². The second kappa shape index (κ2) is 3.63. The third-order valence-corrected chi connectivity index (χ3v) is 1.53. The highest BCUT2D eigenvalue weighted by Gasteiger charge is 2.13. The molecule has 0 aliphatic heterocycles. The predicted molar refractivity (Wildman–Crippen MR) is 48.8 cm³/mol. The minimum absolute atomic E-state index is 0.184. The fourth-order valence-corrected chi connectivity index (χ4v) is 0.948. The lowest BCUT2D eigenvalue weighted by atomic mass is 10.3. The van der Waals surface area contributed by atoms with Gasteiger partial charge < -0.3 is 11.1 Å². The van der Waals surface area contributed by atoms with Crippen LogP contribution in [0, 0.1) is 12.3 Å². The van der Waals surface area contributed by atoms with Crippen molar-refractivity contribution in [3.05, 3.63) is 11.9 Å². The number of nitrogens with one attached hydrogen (secondary N) is 1. The Morgan fingerprint density at radius 1 is 1.92 bits per heavy atom. The van der Waals surface area contributed by atoms with Crippen molar-refractivity contribution in [3.8, 4) is 12.3 Å². The molecule has 1 aromatic heterocycles. The Bertz CT molecular complexity index is 341. The van der Waals surface area contributed by atoms with Crippen LogP contribution in [0.25, 0.3) is 0 Å². The molecule has 0 aromatic carbocycles. The Morgan fingerprint density at radius 3 is 3.08 bits per heavy atom. The Hall–Kier alpha value is -1.96. The molecular formula is C8H10N4O. The maximum atomic E-state index is 11.4. The molecule has 0 unspecified atom stereocenters. The molecule has 1 aromatic rings. The summed E-state index contributed by atoms with van der Waals surface area (Å²) in [5.41, 5.74) is 6.19. The molecule has 0 saturated heterocycles. The molecule has 13 heavy (non-hydrogen) atoms. The van der Waals surface area contributed by atoms with Crippen LogP contribution in [0.1, 0.15) is 10.5 Å². The van der Waals surface area contributed by atoms with Gasteiger partial charge in [-0.05, 0) is 0 Å². The molecule has 1 rings (SSSR count). The SMILES string of the molecule is C#CCNC(=O)c1c(N)cnn1C. The van der Waals surface area contributed by atoms with E-state index in [1.54, 1.807) is 7.05 Å². The van der Waals surface area contributed by atoms with Crippen molar-refractivity contribution in [2.45, 2.75) is 0 Å². The minimum atomic E-state index is -0.310. The number of carbonyl (C=O) groups is 1. The summed E-state index contributed by atoms with van der Waals surface area (Å²) in [6, 6.07) is 0. The number of aryl methyl sites for hydroxylation is 1. The van der Waals surface area contributed by atoms with Gasteiger partial charge in [-0.15, -0.1) is 6.42 Å². The molecule has 5 heteroatoms. The first-order chi connectivity index (χ1) is 6.16. The third-order valence-electron chi connectivity index (χ3n) is 1.53. The van der Waals surface area contributed by atoms with Crippen LogP contribution in [-0.4, -0.2) is 22.2 Å². The summed E-state index contributed by atoms with van der Waals surface area (Å²) in [6.45, 7) is 0.184. The van der Waals surface area contributed by atoms with Gasteiger partial charge >= 0.3 is 0 Å². The van der Waals surface area contributed by atoms with Gasteiger partial charge in [0.25, 0.3) is 5.91 Å². The molecule has 1 heterocycles. The van der Waals surface area contributed by atoms with Gasteiger partial charge in [-0.25, -0.2) is 0 Å². The zero-order valence-corrected chi connectivity index (χ0v) is 7.24. The van der Waals surface area contributed by atoms with Crippen molar-refractivity contribution >= 4 is 11.6 Å². The number of amides is 1. The van der Waals surface area contributed by atoms with E-state index in [1.165, 1.54) is 10.9 Å². The Balaban J connectivity index is 2.83. The van der Waals surface area contributed by atoms with Crippen LogP contribution in [0.15, 0.2) is 6.20 Å². The Morgan fingerprint density at radius 2 is 2.62 bits per heavy atom. The summed E-state index contributed by atoms with van der Waals surface area (Å²) in [6.07, 6.45) is 6.41. The lowest BCUT2D eigenvalue weighted by molar-refractivity contribution is 0.0950. The van der Waals surface area contributed by atoms with Crippen molar-refractivity contribution in [1.29, 1.82) is 0 Å². The van der Waals surface area contributed by atoms with Gasteiger partial charge in [0.1, 0.15) is 5.69 Å². The first kappa shape index (κ1) is 9.13. The summed E-state index contributed by atoms with van der Waals surface area (Å²) < 4.78 is 1.40. The van der Waals surface area contributed by atoms with Crippen LogP contribution in [0.5, 0.6) is 0 Å². The molecule has 3 N–H and O–H groups in total. The number of rotatable bonds is 2. The number of carbonyl (C=O) groups excluding carboxylic acids is 1. The van der Waals surface area contributed by atoms with E-state index >= 15 is 0 Å². The molecule has 1 amide bonds. The van der Waals surface area contributed by atoms with Gasteiger partial charge in [-0.1, -0.05) is 5.92 Å². The number of nitrogen functional groups attached to an aromatic ring is 1. The molecule has 5 nitrogen and oxygen atoms in total. The summed E-state index contributed by atoms with van der Waals surface area (Å²) >= 11 is 0. The maximum absolute atomic E-state index is 11.4. The molecule has 0 radical (unpaired) electrons. The zero-order valence-electron chi connectivity index (χ0n) is 7.24. The van der Waals surface area contributed by atoms with E-state index in [1.807, 2.05) is 0 Å². The topological polar surface area (TPSA) is 72.9 Å². The third kappa shape index (κ3) is 1.79. The number of terminal acetylenes is 1. The maximum Gasteiger partial charge on any atom is 0.272 e. The lowest BCUT2D eigenvalue weighted by Gasteiger charge is -2.02. The van der Waals surface area contributed by atoms with E-state index in [9.17, 15) is 4.79 Å². The summed E-state index contributed by atoms with van der Waals surface area (Å²) in [4.78, 5) is 11.4. The second-order valence-electron chi connectivity index (χ2n) is 2.46. The van der Waals surface area contributed by atoms with E-state index in [0.29, 0.717) is 11.4 Å². The normalized spacial score (nSPS) is 9.23. The molecular weight excluding hydrogens is 168 g/mol. The Kier molecular flexibility index (Phi) is 2.55. The fourth-order valence-electron chi connectivity index (χ4n) is 0.948. The van der Waals surface area contributed by atoms with Crippen LogP contribution >= 0.6 is 0 Å². The summed E-state index contributed by atoms with van der Waals surface area (Å²) in [7, 11) is 1.64. The second-order valence-corrected chi connectivity index (χ2v) is 2.46. The molecule has 0 bridgehead atoms. The summed E-state index contributed by atoms with van der Waals surface area (Å²) in [5.74, 6) is 1.99.